The Hall–Kier alpha value is -0.610. The molecule has 0 fully saturated rings. The Balaban J connectivity index is 0. The summed E-state index contributed by atoms with van der Waals surface area (Å²) in [6.07, 6.45) is 0. The first kappa shape index (κ1) is 13.0. The van der Waals surface area contributed by atoms with Crippen LogP contribution in [0.2, 0.25) is 0 Å². The third kappa shape index (κ3) is 12.6. The van der Waals surface area contributed by atoms with Gasteiger partial charge in [0.1, 0.15) is 0 Å². The highest BCUT2D eigenvalue weighted by molar-refractivity contribution is 5.77. The van der Waals surface area contributed by atoms with Crippen LogP contribution < -0.4 is 11.1 Å². The number of hydrogen-bond donors (Lipinski definition) is 2. The van der Waals surface area contributed by atoms with E-state index in [9.17, 15) is 4.79 Å². The average Bonchev–Trinajstić information content (AvgIpc) is 2.08. The Labute approximate surface area is 68.1 Å². The standard InChI is InChI=1S/C5H12N2O2.C2H6/c1-9-3-2-7-5(8)4-6;1-2/h2-4,6H2,1H3,(H,7,8);1-2H3. The second kappa shape index (κ2) is 12.1. The Kier molecular flexibility index (Phi) is 14.3. The van der Waals surface area contributed by atoms with Crippen molar-refractivity contribution in [2.75, 3.05) is 26.8 Å². The molecule has 0 saturated heterocycles. The molecule has 0 heterocycles. The molecule has 0 aromatic heterocycles. The Morgan fingerprint density at radius 3 is 2.45 bits per heavy atom. The molecule has 0 rings (SSSR count). The summed E-state index contributed by atoms with van der Waals surface area (Å²) < 4.78 is 4.68. The minimum absolute atomic E-state index is 0.0454. The molecular formula is C7H18N2O2. The predicted molar refractivity (Wildman–Crippen MR) is 45.3 cm³/mol. The van der Waals surface area contributed by atoms with E-state index in [0.717, 1.165) is 0 Å². The zero-order chi connectivity index (χ0) is 9.11. The van der Waals surface area contributed by atoms with Crippen molar-refractivity contribution in [3.8, 4) is 0 Å². The number of carbonyl (C=O) groups is 1. The van der Waals surface area contributed by atoms with E-state index in [2.05, 4.69) is 10.1 Å². The molecule has 3 N–H and O–H groups in total. The van der Waals surface area contributed by atoms with Crippen molar-refractivity contribution in [2.24, 2.45) is 5.73 Å². The maximum atomic E-state index is 10.4. The molecule has 0 atom stereocenters. The summed E-state index contributed by atoms with van der Waals surface area (Å²) in [4.78, 5) is 10.4. The number of amides is 1. The van der Waals surface area contributed by atoms with Gasteiger partial charge in [-0.1, -0.05) is 13.8 Å². The predicted octanol–water partition coefficient (Wildman–Crippen LogP) is -0.266. The van der Waals surface area contributed by atoms with Crippen LogP contribution in [0.25, 0.3) is 0 Å². The summed E-state index contributed by atoms with van der Waals surface area (Å²) in [6.45, 7) is 5.11. The van der Waals surface area contributed by atoms with Crippen LogP contribution in [0, 0.1) is 0 Å². The van der Waals surface area contributed by atoms with Gasteiger partial charge in [0.15, 0.2) is 0 Å². The highest BCUT2D eigenvalue weighted by Gasteiger charge is 1.92. The van der Waals surface area contributed by atoms with E-state index in [4.69, 9.17) is 5.73 Å². The Bertz CT molecular complexity index is 86.5. The molecule has 0 aliphatic heterocycles. The molecule has 68 valence electrons. The van der Waals surface area contributed by atoms with Crippen LogP contribution in [0.4, 0.5) is 0 Å². The van der Waals surface area contributed by atoms with Crippen LogP contribution in [0.5, 0.6) is 0 Å². The fourth-order valence-corrected chi connectivity index (χ4v) is 0.365. The van der Waals surface area contributed by atoms with Crippen LogP contribution in [-0.2, 0) is 9.53 Å². The van der Waals surface area contributed by atoms with E-state index in [1.54, 1.807) is 7.11 Å². The van der Waals surface area contributed by atoms with Gasteiger partial charge in [-0.15, -0.1) is 0 Å². The van der Waals surface area contributed by atoms with E-state index < -0.39 is 0 Å². The smallest absolute Gasteiger partial charge is 0.233 e. The molecule has 0 aromatic rings. The van der Waals surface area contributed by atoms with E-state index in [1.807, 2.05) is 13.8 Å². The minimum atomic E-state index is -0.146. The molecule has 4 nitrogen and oxygen atoms in total. The molecule has 0 radical (unpaired) electrons. The van der Waals surface area contributed by atoms with Crippen LogP contribution in [0.3, 0.4) is 0 Å². The van der Waals surface area contributed by atoms with Crippen molar-refractivity contribution in [1.82, 2.24) is 5.32 Å². The van der Waals surface area contributed by atoms with Crippen LogP contribution >= 0.6 is 0 Å². The van der Waals surface area contributed by atoms with Crippen molar-refractivity contribution >= 4 is 5.91 Å². The number of nitrogens with two attached hydrogens (primary N) is 1. The summed E-state index contributed by atoms with van der Waals surface area (Å²) in [5, 5.41) is 2.54. The van der Waals surface area contributed by atoms with E-state index in [1.165, 1.54) is 0 Å². The highest BCUT2D eigenvalue weighted by atomic mass is 16.5. The first-order chi connectivity index (χ1) is 5.31. The Morgan fingerprint density at radius 1 is 1.55 bits per heavy atom. The van der Waals surface area contributed by atoms with Gasteiger partial charge >= 0.3 is 0 Å². The van der Waals surface area contributed by atoms with Gasteiger partial charge in [-0.05, 0) is 0 Å². The van der Waals surface area contributed by atoms with Crippen molar-refractivity contribution < 1.29 is 9.53 Å². The fraction of sp³-hybridized carbons (Fsp3) is 0.857. The van der Waals surface area contributed by atoms with Crippen molar-refractivity contribution in [3.63, 3.8) is 0 Å². The molecule has 0 saturated carbocycles. The van der Waals surface area contributed by atoms with Crippen molar-refractivity contribution in [3.05, 3.63) is 0 Å². The third-order valence-corrected chi connectivity index (χ3v) is 0.814. The van der Waals surface area contributed by atoms with E-state index >= 15 is 0 Å². The van der Waals surface area contributed by atoms with Gasteiger partial charge in [-0.2, -0.15) is 0 Å². The molecular weight excluding hydrogens is 144 g/mol. The van der Waals surface area contributed by atoms with E-state index in [-0.39, 0.29) is 12.5 Å². The van der Waals surface area contributed by atoms with Crippen LogP contribution in [-0.4, -0.2) is 32.7 Å². The number of rotatable bonds is 4. The summed E-state index contributed by atoms with van der Waals surface area (Å²) in [6, 6.07) is 0. The lowest BCUT2D eigenvalue weighted by Crippen LogP contribution is -2.32. The van der Waals surface area contributed by atoms with Gasteiger partial charge < -0.3 is 15.8 Å². The first-order valence-corrected chi connectivity index (χ1v) is 3.77. The second-order valence-corrected chi connectivity index (χ2v) is 1.55. The molecule has 4 heteroatoms. The quantitative estimate of drug-likeness (QED) is 0.559. The average molecular weight is 162 g/mol. The molecule has 0 aromatic carbocycles. The maximum absolute atomic E-state index is 10.4. The normalized spacial score (nSPS) is 8.00. The second-order valence-electron chi connectivity index (χ2n) is 1.55. The molecule has 0 bridgehead atoms. The summed E-state index contributed by atoms with van der Waals surface area (Å²) in [7, 11) is 1.58. The fourth-order valence-electron chi connectivity index (χ4n) is 0.365. The first-order valence-electron chi connectivity index (χ1n) is 3.77. The summed E-state index contributed by atoms with van der Waals surface area (Å²) >= 11 is 0. The largest absolute Gasteiger partial charge is 0.383 e. The van der Waals surface area contributed by atoms with Crippen LogP contribution in [0.1, 0.15) is 13.8 Å². The maximum Gasteiger partial charge on any atom is 0.233 e. The topological polar surface area (TPSA) is 64.3 Å². The van der Waals surface area contributed by atoms with Crippen molar-refractivity contribution in [2.45, 2.75) is 13.8 Å². The van der Waals surface area contributed by atoms with Gasteiger partial charge in [0.05, 0.1) is 13.2 Å². The molecule has 0 unspecified atom stereocenters. The zero-order valence-electron chi connectivity index (χ0n) is 7.52. The summed E-state index contributed by atoms with van der Waals surface area (Å²) in [5.74, 6) is -0.146. The Morgan fingerprint density at radius 2 is 2.09 bits per heavy atom. The lowest BCUT2D eigenvalue weighted by atomic mass is 10.6. The number of methoxy groups -OCH3 is 1. The van der Waals surface area contributed by atoms with Crippen LogP contribution in [0.15, 0.2) is 0 Å². The minimum Gasteiger partial charge on any atom is -0.383 e. The molecule has 11 heavy (non-hydrogen) atoms. The molecule has 0 aliphatic carbocycles. The number of ether oxygens (including phenoxy) is 1. The highest BCUT2D eigenvalue weighted by Crippen LogP contribution is 1.63. The zero-order valence-corrected chi connectivity index (χ0v) is 7.52. The van der Waals surface area contributed by atoms with Gasteiger partial charge in [0, 0.05) is 13.7 Å². The third-order valence-electron chi connectivity index (χ3n) is 0.814. The van der Waals surface area contributed by atoms with E-state index in [0.29, 0.717) is 13.2 Å². The summed E-state index contributed by atoms with van der Waals surface area (Å²) in [5.41, 5.74) is 5.00. The van der Waals surface area contributed by atoms with Gasteiger partial charge in [0.2, 0.25) is 5.91 Å². The molecule has 1 amide bonds. The lowest BCUT2D eigenvalue weighted by molar-refractivity contribution is -0.119. The lowest BCUT2D eigenvalue weighted by Gasteiger charge is -1.99. The SMILES string of the molecule is CC.COCCNC(=O)CN. The number of nitrogens with one attached hydrogen (secondary N) is 1. The van der Waals surface area contributed by atoms with Gasteiger partial charge in [-0.25, -0.2) is 0 Å². The van der Waals surface area contributed by atoms with Gasteiger partial charge in [0.25, 0.3) is 0 Å². The number of carbonyl (C=O) groups excluding carboxylic acids is 1. The number of hydrogen-bond acceptors (Lipinski definition) is 3. The van der Waals surface area contributed by atoms with Gasteiger partial charge in [-0.3, -0.25) is 4.79 Å². The monoisotopic (exact) mass is 162 g/mol. The molecule has 0 aliphatic rings. The van der Waals surface area contributed by atoms with Crippen molar-refractivity contribution in [1.29, 1.82) is 0 Å². The molecule has 0 spiro atoms.